The Morgan fingerprint density at radius 1 is 1.21 bits per heavy atom. The lowest BCUT2D eigenvalue weighted by molar-refractivity contribution is -0.605. The number of aromatic nitrogens is 1. The number of carboxylic acids is 1. The van der Waals surface area contributed by atoms with E-state index in [0.717, 1.165) is 4.73 Å². The molecule has 0 bridgehead atoms. The monoisotopic (exact) mass is 209 g/mol. The Bertz CT molecular complexity index is 286. The first kappa shape index (κ1) is 12.2. The molecular weight excluding hydrogens is 203 g/mol. The number of carboxylic acid groups (broad SMARTS) is 1. The fraction of sp³-hybridized carbons (Fsp3) is 0.143. The summed E-state index contributed by atoms with van der Waals surface area (Å²) in [4.78, 5) is 8.90. The number of halogens is 3. The number of rotatable bonds is 0. The Balaban J connectivity index is 0.000000241. The molecule has 0 aliphatic carbocycles. The second-order valence-electron chi connectivity index (χ2n) is 2.04. The number of aliphatic carboxylic acids is 1. The van der Waals surface area contributed by atoms with Crippen molar-refractivity contribution in [1.29, 1.82) is 0 Å². The lowest BCUT2D eigenvalue weighted by atomic mass is 10.5. The summed E-state index contributed by atoms with van der Waals surface area (Å²) in [5.74, 6) is -2.76. The van der Waals surface area contributed by atoms with Gasteiger partial charge in [-0.25, -0.2) is 4.79 Å². The minimum absolute atomic E-state index is 0.750. The minimum atomic E-state index is -5.08. The van der Waals surface area contributed by atoms with Gasteiger partial charge in [0.2, 0.25) is 0 Å². The van der Waals surface area contributed by atoms with Gasteiger partial charge in [-0.15, -0.1) is 0 Å². The number of nitrogens with zero attached hydrogens (tertiary/aromatic N) is 1. The number of pyridine rings is 1. The molecule has 0 saturated heterocycles. The first-order valence-electron chi connectivity index (χ1n) is 3.28. The van der Waals surface area contributed by atoms with E-state index in [1.54, 1.807) is 18.2 Å². The van der Waals surface area contributed by atoms with Crippen LogP contribution in [0, 0.1) is 5.21 Å². The zero-order valence-corrected chi connectivity index (χ0v) is 6.73. The molecule has 0 atom stereocenters. The molecule has 4 nitrogen and oxygen atoms in total. The maximum atomic E-state index is 10.6. The van der Waals surface area contributed by atoms with Crippen molar-refractivity contribution in [3.05, 3.63) is 35.8 Å². The van der Waals surface area contributed by atoms with E-state index in [1.165, 1.54) is 12.4 Å². The third kappa shape index (κ3) is 5.81. The van der Waals surface area contributed by atoms with E-state index in [0.29, 0.717) is 0 Å². The van der Waals surface area contributed by atoms with Gasteiger partial charge in [-0.1, -0.05) is 6.07 Å². The van der Waals surface area contributed by atoms with Gasteiger partial charge in [0.15, 0.2) is 12.4 Å². The molecule has 0 unspecified atom stereocenters. The van der Waals surface area contributed by atoms with Gasteiger partial charge in [-0.3, -0.25) is 0 Å². The summed E-state index contributed by atoms with van der Waals surface area (Å²) in [5.41, 5.74) is 0. The maximum Gasteiger partial charge on any atom is 0.490 e. The van der Waals surface area contributed by atoms with Crippen LogP contribution in [0.25, 0.3) is 0 Å². The van der Waals surface area contributed by atoms with Gasteiger partial charge in [0.1, 0.15) is 0 Å². The highest BCUT2D eigenvalue weighted by Crippen LogP contribution is 2.13. The van der Waals surface area contributed by atoms with Crippen LogP contribution < -0.4 is 4.73 Å². The van der Waals surface area contributed by atoms with Crippen molar-refractivity contribution >= 4 is 5.97 Å². The van der Waals surface area contributed by atoms with Crippen LogP contribution in [0.5, 0.6) is 0 Å². The second-order valence-corrected chi connectivity index (χ2v) is 2.04. The molecule has 0 spiro atoms. The van der Waals surface area contributed by atoms with E-state index in [-0.39, 0.29) is 0 Å². The van der Waals surface area contributed by atoms with E-state index in [4.69, 9.17) is 9.90 Å². The van der Waals surface area contributed by atoms with Crippen LogP contribution >= 0.6 is 0 Å². The predicted molar refractivity (Wildman–Crippen MR) is 39.1 cm³/mol. The van der Waals surface area contributed by atoms with E-state index in [2.05, 4.69) is 0 Å². The van der Waals surface area contributed by atoms with Gasteiger partial charge in [0.25, 0.3) is 0 Å². The zero-order chi connectivity index (χ0) is 11.2. The fourth-order valence-electron chi connectivity index (χ4n) is 0.383. The topological polar surface area (TPSA) is 64.2 Å². The molecular formula is C7H6F3NO3. The molecule has 78 valence electrons. The second kappa shape index (κ2) is 5.05. The molecule has 1 heterocycles. The Labute approximate surface area is 76.8 Å². The van der Waals surface area contributed by atoms with Crippen LogP contribution in [0.2, 0.25) is 0 Å². The standard InChI is InChI=1S/C5H5NO.C2HF3O2/c7-6-4-2-1-3-5-6;3-2(4,5)1(6)7/h1-5H;(H,6,7). The van der Waals surface area contributed by atoms with Crippen LogP contribution in [-0.4, -0.2) is 17.3 Å². The third-order valence-corrected chi connectivity index (χ3v) is 0.931. The summed E-state index contributed by atoms with van der Waals surface area (Å²) in [7, 11) is 0. The number of alkyl halides is 3. The molecule has 1 aromatic heterocycles. The summed E-state index contributed by atoms with van der Waals surface area (Å²) in [5, 5.41) is 17.3. The molecule has 0 amide bonds. The molecule has 0 aromatic carbocycles. The van der Waals surface area contributed by atoms with Crippen molar-refractivity contribution in [1.82, 2.24) is 0 Å². The van der Waals surface area contributed by atoms with Crippen LogP contribution in [-0.2, 0) is 4.79 Å². The average Bonchev–Trinajstić information content (AvgIpc) is 2.04. The van der Waals surface area contributed by atoms with Crippen molar-refractivity contribution in [3.8, 4) is 0 Å². The normalized spacial score (nSPS) is 9.93. The van der Waals surface area contributed by atoms with E-state index < -0.39 is 12.1 Å². The highest BCUT2D eigenvalue weighted by Gasteiger charge is 2.38. The van der Waals surface area contributed by atoms with E-state index in [1.807, 2.05) is 0 Å². The van der Waals surface area contributed by atoms with Gasteiger partial charge in [0, 0.05) is 12.1 Å². The Morgan fingerprint density at radius 3 is 1.71 bits per heavy atom. The molecule has 0 radical (unpaired) electrons. The highest BCUT2D eigenvalue weighted by molar-refractivity contribution is 5.73. The summed E-state index contributed by atoms with van der Waals surface area (Å²) in [6.45, 7) is 0. The molecule has 0 aliphatic heterocycles. The smallest absolute Gasteiger partial charge is 0.490 e. The van der Waals surface area contributed by atoms with Crippen molar-refractivity contribution in [2.75, 3.05) is 0 Å². The van der Waals surface area contributed by atoms with E-state index in [9.17, 15) is 18.4 Å². The lowest BCUT2D eigenvalue weighted by Gasteiger charge is -1.93. The molecule has 7 heteroatoms. The molecule has 0 fully saturated rings. The minimum Gasteiger partial charge on any atom is -0.619 e. The molecule has 0 aliphatic rings. The molecule has 14 heavy (non-hydrogen) atoms. The van der Waals surface area contributed by atoms with Crippen molar-refractivity contribution < 1.29 is 27.8 Å². The Morgan fingerprint density at radius 2 is 1.57 bits per heavy atom. The maximum absolute atomic E-state index is 10.6. The molecule has 0 saturated carbocycles. The quantitative estimate of drug-likeness (QED) is 0.511. The van der Waals surface area contributed by atoms with Gasteiger partial charge in [-0.05, 0) is 0 Å². The Kier molecular flexibility index (Phi) is 4.41. The molecule has 1 N–H and O–H groups in total. The van der Waals surface area contributed by atoms with Crippen LogP contribution in [0.15, 0.2) is 30.6 Å². The van der Waals surface area contributed by atoms with Gasteiger partial charge in [0.05, 0.1) is 0 Å². The van der Waals surface area contributed by atoms with Crippen LogP contribution in [0.1, 0.15) is 0 Å². The van der Waals surface area contributed by atoms with E-state index >= 15 is 0 Å². The number of hydrogen-bond acceptors (Lipinski definition) is 2. The predicted octanol–water partition coefficient (Wildman–Crippen LogP) is 0.953. The zero-order valence-electron chi connectivity index (χ0n) is 6.73. The first-order valence-corrected chi connectivity index (χ1v) is 3.28. The van der Waals surface area contributed by atoms with Crippen molar-refractivity contribution in [3.63, 3.8) is 0 Å². The first-order chi connectivity index (χ1) is 6.34. The number of hydrogen-bond donors (Lipinski definition) is 1. The lowest BCUT2D eigenvalue weighted by Crippen LogP contribution is -2.22. The van der Waals surface area contributed by atoms with Crippen molar-refractivity contribution in [2.45, 2.75) is 6.18 Å². The van der Waals surface area contributed by atoms with Crippen molar-refractivity contribution in [2.24, 2.45) is 0 Å². The SMILES string of the molecule is O=C(O)C(F)(F)F.[O-][n+]1ccccc1. The Hall–Kier alpha value is -1.79. The van der Waals surface area contributed by atoms with Crippen LogP contribution in [0.4, 0.5) is 13.2 Å². The fourth-order valence-corrected chi connectivity index (χ4v) is 0.383. The van der Waals surface area contributed by atoms with Crippen LogP contribution in [0.3, 0.4) is 0 Å². The van der Waals surface area contributed by atoms with Gasteiger partial charge < -0.3 is 10.3 Å². The molecule has 1 rings (SSSR count). The summed E-state index contributed by atoms with van der Waals surface area (Å²) in [6.07, 6.45) is -2.19. The summed E-state index contributed by atoms with van der Waals surface area (Å²) >= 11 is 0. The third-order valence-electron chi connectivity index (χ3n) is 0.931. The summed E-state index contributed by atoms with van der Waals surface area (Å²) in [6, 6.07) is 5.18. The number of carbonyl (C=O) groups is 1. The summed E-state index contributed by atoms with van der Waals surface area (Å²) < 4.78 is 32.5. The van der Waals surface area contributed by atoms with Gasteiger partial charge in [-0.2, -0.15) is 17.9 Å². The largest absolute Gasteiger partial charge is 0.619 e. The highest BCUT2D eigenvalue weighted by atomic mass is 19.4. The molecule has 1 aromatic rings. The average molecular weight is 209 g/mol. The van der Waals surface area contributed by atoms with Gasteiger partial charge >= 0.3 is 12.1 Å².